The predicted octanol–water partition coefficient (Wildman–Crippen LogP) is 1.57. The number of aromatic nitrogens is 1. The molecule has 1 unspecified atom stereocenters. The van der Waals surface area contributed by atoms with Gasteiger partial charge in [0.1, 0.15) is 0 Å². The van der Waals surface area contributed by atoms with E-state index in [0.29, 0.717) is 5.69 Å². The Labute approximate surface area is 71.0 Å². The van der Waals surface area contributed by atoms with Crippen LogP contribution in [0.3, 0.4) is 0 Å². The molecule has 0 saturated heterocycles. The maximum Gasteiger partial charge on any atom is 0.159 e. The molecule has 1 heterocycles. The first kappa shape index (κ1) is 7.73. The Balaban J connectivity index is 2.87. The summed E-state index contributed by atoms with van der Waals surface area (Å²) in [5.41, 5.74) is 0.527. The van der Waals surface area contributed by atoms with E-state index < -0.39 is 6.10 Å². The lowest BCUT2D eigenvalue weighted by Crippen LogP contribution is -1.92. The van der Waals surface area contributed by atoms with E-state index in [-0.39, 0.29) is 0 Å². The van der Waals surface area contributed by atoms with E-state index in [1.807, 2.05) is 0 Å². The van der Waals surface area contributed by atoms with Crippen molar-refractivity contribution in [1.29, 1.82) is 0 Å². The number of terminal acetylenes is 1. The van der Waals surface area contributed by atoms with Crippen LogP contribution in [0.15, 0.2) is 9.30 Å². The minimum Gasteiger partial charge on any atom is -0.374 e. The fourth-order valence-corrected chi connectivity index (χ4v) is 1.52. The summed E-state index contributed by atoms with van der Waals surface area (Å²) in [6.07, 6.45) is 4.09. The summed E-state index contributed by atoms with van der Waals surface area (Å²) in [6.45, 7) is 0. The Morgan fingerprint density at radius 1 is 1.90 bits per heavy atom. The molecular weight excluding hydrogens is 214 g/mol. The lowest BCUT2D eigenvalue weighted by atomic mass is 10.3. The van der Waals surface area contributed by atoms with Crippen LogP contribution in [0.4, 0.5) is 0 Å². The van der Waals surface area contributed by atoms with Gasteiger partial charge < -0.3 is 5.11 Å². The molecule has 0 radical (unpaired) electrons. The first-order valence-corrected chi connectivity index (χ1v) is 4.16. The minimum absolute atomic E-state index is 0.527. The fourth-order valence-electron chi connectivity index (χ4n) is 0.474. The van der Waals surface area contributed by atoms with Crippen molar-refractivity contribution in [2.45, 2.75) is 6.10 Å². The number of nitrogens with zero attached hydrogens (tertiary/aromatic N) is 1. The molecule has 52 valence electrons. The van der Waals surface area contributed by atoms with Crippen LogP contribution in [-0.4, -0.2) is 10.1 Å². The number of hydrogen-bond acceptors (Lipinski definition) is 3. The first-order valence-electron chi connectivity index (χ1n) is 2.49. The Kier molecular flexibility index (Phi) is 2.44. The molecule has 0 aliphatic rings. The Bertz CT molecular complexity index is 265. The quantitative estimate of drug-likeness (QED) is 0.726. The molecule has 0 amide bonds. The summed E-state index contributed by atoms with van der Waals surface area (Å²) in [5.74, 6) is 2.17. The van der Waals surface area contributed by atoms with Crippen molar-refractivity contribution in [3.05, 3.63) is 15.0 Å². The zero-order valence-electron chi connectivity index (χ0n) is 4.91. The van der Waals surface area contributed by atoms with Gasteiger partial charge in [0.05, 0.1) is 5.69 Å². The van der Waals surface area contributed by atoms with Crippen molar-refractivity contribution in [2.24, 2.45) is 0 Å². The first-order chi connectivity index (χ1) is 4.74. The second kappa shape index (κ2) is 3.15. The van der Waals surface area contributed by atoms with Crippen molar-refractivity contribution in [3.63, 3.8) is 0 Å². The fraction of sp³-hybridized carbons (Fsp3) is 0.167. The number of aliphatic hydroxyl groups is 1. The van der Waals surface area contributed by atoms with E-state index in [0.717, 1.165) is 3.92 Å². The van der Waals surface area contributed by atoms with Gasteiger partial charge in [-0.3, -0.25) is 0 Å². The number of halogens is 1. The molecule has 0 bridgehead atoms. The highest BCUT2D eigenvalue weighted by atomic mass is 79.9. The number of aliphatic hydroxyl groups excluding tert-OH is 1. The molecular formula is C6H4BrNOS. The molecule has 0 aliphatic heterocycles. The van der Waals surface area contributed by atoms with Gasteiger partial charge in [-0.05, 0) is 15.9 Å². The smallest absolute Gasteiger partial charge is 0.159 e. The molecule has 1 rings (SSSR count). The standard InChI is InChI=1S/C6H4BrNOS/c1-2-5(9)4-3-10-6(7)8-4/h1,3,5,9H. The predicted molar refractivity (Wildman–Crippen MR) is 43.6 cm³/mol. The van der Waals surface area contributed by atoms with Gasteiger partial charge in [-0.2, -0.15) is 0 Å². The van der Waals surface area contributed by atoms with Crippen LogP contribution in [0.25, 0.3) is 0 Å². The summed E-state index contributed by atoms with van der Waals surface area (Å²) >= 11 is 4.56. The van der Waals surface area contributed by atoms with Gasteiger partial charge >= 0.3 is 0 Å². The van der Waals surface area contributed by atoms with E-state index in [1.165, 1.54) is 11.3 Å². The van der Waals surface area contributed by atoms with Crippen LogP contribution in [-0.2, 0) is 0 Å². The third kappa shape index (κ3) is 1.57. The van der Waals surface area contributed by atoms with Crippen molar-refractivity contribution < 1.29 is 5.11 Å². The monoisotopic (exact) mass is 217 g/mol. The third-order valence-electron chi connectivity index (χ3n) is 0.932. The highest BCUT2D eigenvalue weighted by Crippen LogP contribution is 2.19. The highest BCUT2D eigenvalue weighted by Gasteiger charge is 2.06. The molecule has 0 aromatic carbocycles. The van der Waals surface area contributed by atoms with Crippen molar-refractivity contribution in [1.82, 2.24) is 4.98 Å². The van der Waals surface area contributed by atoms with Gasteiger partial charge in [0.2, 0.25) is 0 Å². The molecule has 0 fully saturated rings. The maximum atomic E-state index is 9.03. The molecule has 1 aromatic rings. The third-order valence-corrected chi connectivity index (χ3v) is 2.32. The molecule has 0 saturated carbocycles. The number of rotatable bonds is 1. The molecule has 1 atom stereocenters. The van der Waals surface area contributed by atoms with E-state index in [4.69, 9.17) is 11.5 Å². The minimum atomic E-state index is -0.873. The van der Waals surface area contributed by atoms with E-state index in [9.17, 15) is 0 Å². The topological polar surface area (TPSA) is 33.1 Å². The van der Waals surface area contributed by atoms with Gasteiger partial charge in [0.15, 0.2) is 10.0 Å². The normalized spacial score (nSPS) is 12.5. The van der Waals surface area contributed by atoms with Crippen LogP contribution in [0.2, 0.25) is 0 Å². The van der Waals surface area contributed by atoms with Crippen molar-refractivity contribution in [3.8, 4) is 12.3 Å². The van der Waals surface area contributed by atoms with Crippen LogP contribution < -0.4 is 0 Å². The van der Waals surface area contributed by atoms with Crippen LogP contribution in [0, 0.1) is 12.3 Å². The van der Waals surface area contributed by atoms with Crippen molar-refractivity contribution >= 4 is 27.3 Å². The summed E-state index contributed by atoms with van der Waals surface area (Å²) < 4.78 is 0.733. The summed E-state index contributed by atoms with van der Waals surface area (Å²) in [5, 5.41) is 10.7. The summed E-state index contributed by atoms with van der Waals surface area (Å²) in [4.78, 5) is 3.92. The zero-order chi connectivity index (χ0) is 7.56. The van der Waals surface area contributed by atoms with E-state index in [2.05, 4.69) is 26.8 Å². The summed E-state index contributed by atoms with van der Waals surface area (Å²) in [7, 11) is 0. The van der Waals surface area contributed by atoms with Gasteiger partial charge in [-0.1, -0.05) is 5.92 Å². The molecule has 0 aliphatic carbocycles. The maximum absolute atomic E-state index is 9.03. The average Bonchev–Trinajstić information content (AvgIpc) is 2.34. The molecule has 2 nitrogen and oxygen atoms in total. The molecule has 1 N–H and O–H groups in total. The van der Waals surface area contributed by atoms with Crippen LogP contribution in [0.5, 0.6) is 0 Å². The summed E-state index contributed by atoms with van der Waals surface area (Å²) in [6, 6.07) is 0. The van der Waals surface area contributed by atoms with Crippen molar-refractivity contribution in [2.75, 3.05) is 0 Å². The van der Waals surface area contributed by atoms with Gasteiger partial charge in [-0.25, -0.2) is 4.98 Å². The molecule has 4 heteroatoms. The highest BCUT2D eigenvalue weighted by molar-refractivity contribution is 9.11. The largest absolute Gasteiger partial charge is 0.374 e. The number of hydrogen-bond donors (Lipinski definition) is 1. The Morgan fingerprint density at radius 3 is 3.00 bits per heavy atom. The second-order valence-electron chi connectivity index (χ2n) is 1.59. The zero-order valence-corrected chi connectivity index (χ0v) is 7.32. The average molecular weight is 218 g/mol. The van der Waals surface area contributed by atoms with Gasteiger partial charge in [0, 0.05) is 5.38 Å². The lowest BCUT2D eigenvalue weighted by molar-refractivity contribution is 0.234. The number of thiazole rings is 1. The second-order valence-corrected chi connectivity index (χ2v) is 3.73. The Hall–Kier alpha value is -0.370. The SMILES string of the molecule is C#CC(O)c1csc(Br)n1. The van der Waals surface area contributed by atoms with Gasteiger partial charge in [-0.15, -0.1) is 17.8 Å². The molecule has 10 heavy (non-hydrogen) atoms. The van der Waals surface area contributed by atoms with E-state index >= 15 is 0 Å². The van der Waals surface area contributed by atoms with Gasteiger partial charge in [0.25, 0.3) is 0 Å². The molecule has 1 aromatic heterocycles. The molecule has 0 spiro atoms. The Morgan fingerprint density at radius 2 is 2.60 bits per heavy atom. The van der Waals surface area contributed by atoms with Crippen LogP contribution >= 0.6 is 27.3 Å². The lowest BCUT2D eigenvalue weighted by Gasteiger charge is -1.94. The van der Waals surface area contributed by atoms with E-state index in [1.54, 1.807) is 5.38 Å². The van der Waals surface area contributed by atoms with Crippen LogP contribution in [0.1, 0.15) is 11.8 Å².